The lowest BCUT2D eigenvalue weighted by atomic mass is 10.1. The van der Waals surface area contributed by atoms with E-state index in [4.69, 9.17) is 16.3 Å². The lowest BCUT2D eigenvalue weighted by Gasteiger charge is -2.11. The lowest BCUT2D eigenvalue weighted by Crippen LogP contribution is -2.14. The number of hydrogen-bond acceptors (Lipinski definition) is 7. The van der Waals surface area contributed by atoms with Gasteiger partial charge < -0.3 is 14.6 Å². The minimum Gasteiger partial charge on any atom is -0.485 e. The van der Waals surface area contributed by atoms with Gasteiger partial charge in [-0.05, 0) is 50.1 Å². The number of amides is 1. The Hall–Kier alpha value is -2.88. The summed E-state index contributed by atoms with van der Waals surface area (Å²) in [5.74, 6) is 1.60. The maximum atomic E-state index is 12.5. The highest BCUT2D eigenvalue weighted by molar-refractivity contribution is 7.99. The van der Waals surface area contributed by atoms with Crippen LogP contribution in [0.2, 0.25) is 5.02 Å². The van der Waals surface area contributed by atoms with Gasteiger partial charge in [-0.1, -0.05) is 47.6 Å². The second-order valence-electron chi connectivity index (χ2n) is 7.51. The molecule has 4 rings (SSSR count). The van der Waals surface area contributed by atoms with Crippen molar-refractivity contribution >= 4 is 45.7 Å². The number of halogens is 1. The standard InChI is InChI=1S/C24H24ClN5O2S2/c1-4-30-21(12-32-20-7-5-6-15(2)16(20)3)28-29-24(30)34-14-22(31)27-23-26-19(13-33-23)17-8-10-18(25)11-9-17/h5-11,13H,4,12,14H2,1-3H3,(H,26,27,31). The second-order valence-corrected chi connectivity index (χ2v) is 9.75. The maximum absolute atomic E-state index is 12.5. The first-order valence-corrected chi connectivity index (χ1v) is 12.9. The van der Waals surface area contributed by atoms with Crippen molar-refractivity contribution in [2.75, 3.05) is 11.1 Å². The van der Waals surface area contributed by atoms with Crippen LogP contribution in [0.4, 0.5) is 5.13 Å². The van der Waals surface area contributed by atoms with Gasteiger partial charge in [-0.3, -0.25) is 4.79 Å². The molecular formula is C24H24ClN5O2S2. The molecule has 10 heteroatoms. The van der Waals surface area contributed by atoms with Gasteiger partial charge in [0.2, 0.25) is 5.91 Å². The summed E-state index contributed by atoms with van der Waals surface area (Å²) in [5.41, 5.74) is 4.03. The van der Waals surface area contributed by atoms with Crippen LogP contribution in [0.3, 0.4) is 0 Å². The van der Waals surface area contributed by atoms with Gasteiger partial charge in [0.25, 0.3) is 0 Å². The molecule has 2 aromatic carbocycles. The molecule has 176 valence electrons. The number of carbonyl (C=O) groups is 1. The molecule has 34 heavy (non-hydrogen) atoms. The van der Waals surface area contributed by atoms with E-state index in [9.17, 15) is 4.79 Å². The molecule has 0 saturated heterocycles. The Morgan fingerprint density at radius 2 is 1.97 bits per heavy atom. The van der Waals surface area contributed by atoms with Gasteiger partial charge in [-0.25, -0.2) is 4.98 Å². The number of ether oxygens (including phenoxy) is 1. The molecule has 0 saturated carbocycles. The summed E-state index contributed by atoms with van der Waals surface area (Å²) in [7, 11) is 0. The van der Waals surface area contributed by atoms with Crippen molar-refractivity contribution < 1.29 is 9.53 Å². The van der Waals surface area contributed by atoms with Crippen LogP contribution < -0.4 is 10.1 Å². The number of thiazole rings is 1. The van der Waals surface area contributed by atoms with Gasteiger partial charge >= 0.3 is 0 Å². The molecule has 0 bridgehead atoms. The molecule has 0 aliphatic carbocycles. The Bertz CT molecular complexity index is 1290. The summed E-state index contributed by atoms with van der Waals surface area (Å²) < 4.78 is 7.95. The first-order chi connectivity index (χ1) is 16.4. The van der Waals surface area contributed by atoms with Crippen molar-refractivity contribution in [3.63, 3.8) is 0 Å². The van der Waals surface area contributed by atoms with Crippen molar-refractivity contribution in [1.82, 2.24) is 19.7 Å². The van der Waals surface area contributed by atoms with E-state index in [0.29, 0.717) is 28.5 Å². The second kappa shape index (κ2) is 11.0. The van der Waals surface area contributed by atoms with Crippen molar-refractivity contribution in [2.45, 2.75) is 39.1 Å². The van der Waals surface area contributed by atoms with E-state index in [1.807, 2.05) is 60.2 Å². The molecular weight excluding hydrogens is 490 g/mol. The number of carbonyl (C=O) groups excluding carboxylic acids is 1. The van der Waals surface area contributed by atoms with Crippen molar-refractivity contribution in [2.24, 2.45) is 0 Å². The Morgan fingerprint density at radius 3 is 2.74 bits per heavy atom. The minimum atomic E-state index is -0.152. The Labute approximate surface area is 211 Å². The predicted octanol–water partition coefficient (Wildman–Crippen LogP) is 6.00. The zero-order valence-electron chi connectivity index (χ0n) is 19.0. The number of rotatable bonds is 9. The number of aromatic nitrogens is 4. The number of hydrogen-bond donors (Lipinski definition) is 1. The van der Waals surface area contributed by atoms with Gasteiger partial charge in [0.15, 0.2) is 16.1 Å². The molecule has 0 unspecified atom stereocenters. The van der Waals surface area contributed by atoms with E-state index >= 15 is 0 Å². The predicted molar refractivity (Wildman–Crippen MR) is 138 cm³/mol. The van der Waals surface area contributed by atoms with Crippen LogP contribution >= 0.6 is 34.7 Å². The van der Waals surface area contributed by atoms with Crippen molar-refractivity contribution in [3.8, 4) is 17.0 Å². The molecule has 7 nitrogen and oxygen atoms in total. The fraction of sp³-hybridized carbons (Fsp3) is 0.250. The van der Waals surface area contributed by atoms with Gasteiger partial charge in [-0.2, -0.15) is 0 Å². The van der Waals surface area contributed by atoms with Gasteiger partial charge in [0, 0.05) is 22.5 Å². The van der Waals surface area contributed by atoms with Gasteiger partial charge in [0.1, 0.15) is 12.4 Å². The molecule has 0 atom stereocenters. The molecule has 1 amide bonds. The highest BCUT2D eigenvalue weighted by Crippen LogP contribution is 2.27. The summed E-state index contributed by atoms with van der Waals surface area (Å²) in [6.07, 6.45) is 0. The van der Waals surface area contributed by atoms with E-state index in [-0.39, 0.29) is 11.7 Å². The maximum Gasteiger partial charge on any atom is 0.236 e. The summed E-state index contributed by atoms with van der Waals surface area (Å²) in [4.78, 5) is 17.0. The van der Waals surface area contributed by atoms with E-state index in [1.165, 1.54) is 28.7 Å². The number of nitrogens with zero attached hydrogens (tertiary/aromatic N) is 4. The quantitative estimate of drug-likeness (QED) is 0.276. The summed E-state index contributed by atoms with van der Waals surface area (Å²) in [6, 6.07) is 13.4. The first-order valence-electron chi connectivity index (χ1n) is 10.7. The number of thioether (sulfide) groups is 1. The molecule has 2 heterocycles. The van der Waals surface area contributed by atoms with E-state index in [0.717, 1.165) is 28.4 Å². The van der Waals surface area contributed by atoms with Crippen molar-refractivity contribution in [3.05, 3.63) is 69.8 Å². The molecule has 0 aliphatic heterocycles. The van der Waals surface area contributed by atoms with E-state index in [1.54, 1.807) is 0 Å². The Balaban J connectivity index is 1.33. The molecule has 2 aromatic heterocycles. The fourth-order valence-electron chi connectivity index (χ4n) is 3.24. The number of benzene rings is 2. The van der Waals surface area contributed by atoms with Crippen LogP contribution in [0.25, 0.3) is 11.3 Å². The number of nitrogens with one attached hydrogen (secondary N) is 1. The zero-order valence-corrected chi connectivity index (χ0v) is 21.4. The third kappa shape index (κ3) is 5.78. The molecule has 0 radical (unpaired) electrons. The van der Waals surface area contributed by atoms with Gasteiger partial charge in [-0.15, -0.1) is 21.5 Å². The van der Waals surface area contributed by atoms with Crippen LogP contribution in [0.1, 0.15) is 23.9 Å². The monoisotopic (exact) mass is 513 g/mol. The van der Waals surface area contributed by atoms with E-state index in [2.05, 4.69) is 33.5 Å². The molecule has 0 fully saturated rings. The normalized spacial score (nSPS) is 10.9. The first kappa shape index (κ1) is 24.3. The van der Waals surface area contributed by atoms with Crippen LogP contribution in [-0.2, 0) is 17.9 Å². The third-order valence-electron chi connectivity index (χ3n) is 5.24. The topological polar surface area (TPSA) is 81.9 Å². The average Bonchev–Trinajstić information content (AvgIpc) is 3.45. The molecule has 4 aromatic rings. The van der Waals surface area contributed by atoms with Crippen LogP contribution in [0.5, 0.6) is 5.75 Å². The summed E-state index contributed by atoms with van der Waals surface area (Å²) in [5, 5.41) is 15.2. The van der Waals surface area contributed by atoms with Crippen LogP contribution in [-0.4, -0.2) is 31.4 Å². The smallest absolute Gasteiger partial charge is 0.236 e. The highest BCUT2D eigenvalue weighted by atomic mass is 35.5. The Kier molecular flexibility index (Phi) is 7.87. The Morgan fingerprint density at radius 1 is 1.18 bits per heavy atom. The molecule has 0 spiro atoms. The van der Waals surface area contributed by atoms with E-state index < -0.39 is 0 Å². The highest BCUT2D eigenvalue weighted by Gasteiger charge is 2.15. The lowest BCUT2D eigenvalue weighted by molar-refractivity contribution is -0.113. The minimum absolute atomic E-state index is 0.152. The third-order valence-corrected chi connectivity index (χ3v) is 7.22. The summed E-state index contributed by atoms with van der Waals surface area (Å²) in [6.45, 7) is 7.10. The average molecular weight is 514 g/mol. The zero-order chi connectivity index (χ0) is 24.1. The number of anilines is 1. The molecule has 0 aliphatic rings. The van der Waals surface area contributed by atoms with Gasteiger partial charge in [0.05, 0.1) is 11.4 Å². The molecule has 1 N–H and O–H groups in total. The summed E-state index contributed by atoms with van der Waals surface area (Å²) >= 11 is 8.66. The largest absolute Gasteiger partial charge is 0.485 e. The number of aryl methyl sites for hydroxylation is 1. The van der Waals surface area contributed by atoms with Crippen molar-refractivity contribution in [1.29, 1.82) is 0 Å². The fourth-order valence-corrected chi connectivity index (χ4v) is 4.93. The van der Waals surface area contributed by atoms with Crippen LogP contribution in [0, 0.1) is 13.8 Å². The van der Waals surface area contributed by atoms with Crippen LogP contribution in [0.15, 0.2) is 53.0 Å². The SMILES string of the molecule is CCn1c(COc2cccc(C)c2C)nnc1SCC(=O)Nc1nc(-c2ccc(Cl)cc2)cs1.